The topological polar surface area (TPSA) is 62.2 Å². The monoisotopic (exact) mass is 362 g/mol. The number of hydrogen-bond acceptors (Lipinski definition) is 5. The number of benzene rings is 2. The summed E-state index contributed by atoms with van der Waals surface area (Å²) in [5.74, 6) is -0.479. The molecule has 0 aliphatic heterocycles. The molecule has 0 atom stereocenters. The van der Waals surface area contributed by atoms with Crippen LogP contribution in [0.15, 0.2) is 67.3 Å². The van der Waals surface area contributed by atoms with Gasteiger partial charge >= 0.3 is 0 Å². The Kier molecular flexibility index (Phi) is 5.61. The van der Waals surface area contributed by atoms with E-state index in [0.29, 0.717) is 17.3 Å². The normalized spacial score (nSPS) is 10.8. The molecule has 130 valence electrons. The van der Waals surface area contributed by atoms with Crippen LogP contribution >= 0.6 is 11.3 Å². The second kappa shape index (κ2) is 8.27. The van der Waals surface area contributed by atoms with Gasteiger partial charge in [-0.25, -0.2) is 4.98 Å². The van der Waals surface area contributed by atoms with Crippen LogP contribution in [0.5, 0.6) is 5.75 Å². The molecule has 4 nitrogen and oxygen atoms in total. The number of hydrogen-bond donors (Lipinski definition) is 0. The zero-order valence-electron chi connectivity index (χ0n) is 13.9. The Morgan fingerprint density at radius 3 is 2.69 bits per heavy atom. The van der Waals surface area contributed by atoms with Gasteiger partial charge in [-0.2, -0.15) is 0 Å². The molecule has 0 bridgehead atoms. The van der Waals surface area contributed by atoms with Crippen molar-refractivity contribution < 1.29 is 14.6 Å². The maximum absolute atomic E-state index is 11.4. The minimum Gasteiger partial charge on any atom is -0.544 e. The van der Waals surface area contributed by atoms with Gasteiger partial charge in [0.25, 0.3) is 0 Å². The van der Waals surface area contributed by atoms with Gasteiger partial charge in [-0.15, -0.1) is 11.3 Å². The fraction of sp³-hybridized carbons (Fsp3) is 0.0476. The average Bonchev–Trinajstić information content (AvgIpc) is 3.10. The van der Waals surface area contributed by atoms with E-state index in [1.54, 1.807) is 12.2 Å². The summed E-state index contributed by atoms with van der Waals surface area (Å²) in [7, 11) is 0. The van der Waals surface area contributed by atoms with E-state index in [1.165, 1.54) is 0 Å². The first-order chi connectivity index (χ1) is 12.7. The lowest BCUT2D eigenvalue weighted by atomic mass is 10.1. The summed E-state index contributed by atoms with van der Waals surface area (Å²) in [5, 5.41) is 12.0. The lowest BCUT2D eigenvalue weighted by Gasteiger charge is -2.03. The van der Waals surface area contributed by atoms with Crippen LogP contribution in [-0.4, -0.2) is 17.6 Å². The van der Waals surface area contributed by atoms with Crippen molar-refractivity contribution >= 4 is 29.5 Å². The molecule has 1 aromatic heterocycles. The fourth-order valence-corrected chi connectivity index (χ4v) is 3.19. The molecule has 2 aromatic carbocycles. The van der Waals surface area contributed by atoms with Crippen LogP contribution in [0.1, 0.15) is 20.2 Å². The van der Waals surface area contributed by atoms with E-state index in [9.17, 15) is 9.90 Å². The minimum absolute atomic E-state index is 0.124. The van der Waals surface area contributed by atoms with Crippen LogP contribution in [0.4, 0.5) is 0 Å². The fourth-order valence-electron chi connectivity index (χ4n) is 2.37. The molecular weight excluding hydrogens is 346 g/mol. The number of nitrogens with zero attached hydrogens (tertiary/aromatic N) is 1. The number of aromatic nitrogens is 1. The lowest BCUT2D eigenvalue weighted by Crippen LogP contribution is -2.21. The molecule has 0 N–H and O–H groups in total. The molecule has 0 aliphatic rings. The van der Waals surface area contributed by atoms with Crippen LogP contribution in [0.2, 0.25) is 0 Å². The maximum Gasteiger partial charge on any atom is 0.120 e. The predicted octanol–water partition coefficient (Wildman–Crippen LogP) is 3.91. The van der Waals surface area contributed by atoms with Crippen molar-refractivity contribution in [2.45, 2.75) is 0 Å². The zero-order valence-corrected chi connectivity index (χ0v) is 14.7. The third-order valence-electron chi connectivity index (χ3n) is 3.52. The highest BCUT2D eigenvalue weighted by atomic mass is 32.1. The van der Waals surface area contributed by atoms with Gasteiger partial charge < -0.3 is 14.6 Å². The lowest BCUT2D eigenvalue weighted by molar-refractivity contribution is -0.254. The Labute approximate surface area is 155 Å². The first-order valence-electron chi connectivity index (χ1n) is 7.97. The number of rotatable bonds is 7. The van der Waals surface area contributed by atoms with Crippen molar-refractivity contribution in [3.63, 3.8) is 0 Å². The highest BCUT2D eigenvalue weighted by Gasteiger charge is 2.12. The highest BCUT2D eigenvalue weighted by Crippen LogP contribution is 2.29. The van der Waals surface area contributed by atoms with Gasteiger partial charge in [-0.1, -0.05) is 61.2 Å². The smallest absolute Gasteiger partial charge is 0.120 e. The Hall–Kier alpha value is -3.18. The summed E-state index contributed by atoms with van der Waals surface area (Å²) in [6.07, 6.45) is 5.34. The molecule has 0 amide bonds. The molecule has 5 heteroatoms. The van der Waals surface area contributed by atoms with Crippen LogP contribution in [0, 0.1) is 0 Å². The van der Waals surface area contributed by atoms with Gasteiger partial charge in [0, 0.05) is 5.56 Å². The van der Waals surface area contributed by atoms with Crippen LogP contribution < -0.4 is 9.84 Å². The number of carboxylic acids is 1. The van der Waals surface area contributed by atoms with Crippen LogP contribution in [0.25, 0.3) is 23.4 Å². The van der Waals surface area contributed by atoms with Gasteiger partial charge in [-0.3, -0.25) is 0 Å². The Morgan fingerprint density at radius 1 is 1.15 bits per heavy atom. The molecule has 3 aromatic rings. The molecule has 0 aliphatic carbocycles. The van der Waals surface area contributed by atoms with Crippen molar-refractivity contribution in [3.05, 3.63) is 82.7 Å². The molecule has 0 fully saturated rings. The SMILES string of the molecule is C=CCOc1cccc(/C=C/c2nc(-c3ccccc3)c(C(=O)[O-])s2)c1. The molecule has 0 saturated carbocycles. The Bertz CT molecular complexity index is 945. The summed E-state index contributed by atoms with van der Waals surface area (Å²) < 4.78 is 5.51. The standard InChI is InChI=1S/C21H17NO3S/c1-2-13-25-17-10-6-7-15(14-17)11-12-18-22-19(20(26-18)21(23)24)16-8-4-3-5-9-16/h2-12,14H,1,13H2,(H,23,24)/p-1/b12-11+. The number of ether oxygens (including phenoxy) is 1. The van der Waals surface area contributed by atoms with E-state index in [-0.39, 0.29) is 4.88 Å². The number of thiazole rings is 1. The summed E-state index contributed by atoms with van der Waals surface area (Å²) in [4.78, 5) is 16.0. The molecular formula is C21H16NO3S-. The van der Waals surface area contributed by atoms with Gasteiger partial charge in [0.15, 0.2) is 0 Å². The van der Waals surface area contributed by atoms with Crippen LogP contribution in [0.3, 0.4) is 0 Å². The largest absolute Gasteiger partial charge is 0.544 e. The molecule has 26 heavy (non-hydrogen) atoms. The van der Waals surface area contributed by atoms with E-state index in [4.69, 9.17) is 4.74 Å². The van der Waals surface area contributed by atoms with E-state index in [2.05, 4.69) is 11.6 Å². The number of carbonyl (C=O) groups excluding carboxylic acids is 1. The highest BCUT2D eigenvalue weighted by molar-refractivity contribution is 7.14. The van der Waals surface area contributed by atoms with Gasteiger partial charge in [0.1, 0.15) is 17.4 Å². The average molecular weight is 362 g/mol. The molecule has 0 spiro atoms. The van der Waals surface area contributed by atoms with E-state index in [1.807, 2.05) is 60.7 Å². The van der Waals surface area contributed by atoms with Crippen molar-refractivity contribution in [2.24, 2.45) is 0 Å². The minimum atomic E-state index is -1.22. The van der Waals surface area contributed by atoms with E-state index >= 15 is 0 Å². The molecule has 1 heterocycles. The number of carbonyl (C=O) groups is 1. The molecule has 0 saturated heterocycles. The van der Waals surface area contributed by atoms with E-state index in [0.717, 1.165) is 28.2 Å². The first kappa shape index (κ1) is 17.6. The van der Waals surface area contributed by atoms with Gasteiger partial charge in [0.2, 0.25) is 0 Å². The third-order valence-corrected chi connectivity index (χ3v) is 4.52. The van der Waals surface area contributed by atoms with Crippen molar-refractivity contribution in [3.8, 4) is 17.0 Å². The maximum atomic E-state index is 11.4. The zero-order chi connectivity index (χ0) is 18.4. The predicted molar refractivity (Wildman–Crippen MR) is 103 cm³/mol. The summed E-state index contributed by atoms with van der Waals surface area (Å²) in [6, 6.07) is 16.8. The Morgan fingerprint density at radius 2 is 1.96 bits per heavy atom. The van der Waals surface area contributed by atoms with Gasteiger partial charge in [-0.05, 0) is 23.8 Å². The molecule has 0 radical (unpaired) electrons. The Balaban J connectivity index is 1.87. The van der Waals surface area contributed by atoms with Crippen molar-refractivity contribution in [1.29, 1.82) is 0 Å². The van der Waals surface area contributed by atoms with Gasteiger partial charge in [0.05, 0.1) is 16.5 Å². The second-order valence-corrected chi connectivity index (χ2v) is 6.42. The molecule has 0 unspecified atom stereocenters. The third kappa shape index (κ3) is 4.26. The van der Waals surface area contributed by atoms with E-state index < -0.39 is 5.97 Å². The van der Waals surface area contributed by atoms with Crippen molar-refractivity contribution in [1.82, 2.24) is 4.98 Å². The summed E-state index contributed by atoms with van der Waals surface area (Å²) in [6.45, 7) is 4.06. The van der Waals surface area contributed by atoms with Crippen molar-refractivity contribution in [2.75, 3.05) is 6.61 Å². The summed E-state index contributed by atoms with van der Waals surface area (Å²) >= 11 is 1.10. The quantitative estimate of drug-likeness (QED) is 0.598. The number of aromatic carboxylic acids is 1. The van der Waals surface area contributed by atoms with Crippen LogP contribution in [-0.2, 0) is 0 Å². The molecule has 3 rings (SSSR count). The summed E-state index contributed by atoms with van der Waals surface area (Å²) in [5.41, 5.74) is 2.11. The number of carboxylic acid groups (broad SMARTS) is 1. The second-order valence-electron chi connectivity index (χ2n) is 5.39. The first-order valence-corrected chi connectivity index (χ1v) is 8.78.